The van der Waals surface area contributed by atoms with Crippen LogP contribution in [-0.4, -0.2) is 33.9 Å². The molecule has 0 aliphatic carbocycles. The highest BCUT2D eigenvalue weighted by atomic mass is 16.1. The molecule has 0 radical (unpaired) electrons. The molecule has 1 aliphatic heterocycles. The number of aryl methyl sites for hydroxylation is 1. The van der Waals surface area contributed by atoms with Crippen LogP contribution < -0.4 is 5.32 Å². The largest absolute Gasteiger partial charge is 0.317 e. The normalized spacial score (nSPS) is 17.2. The zero-order valence-electron chi connectivity index (χ0n) is 10.4. The number of rotatable bonds is 2. The minimum absolute atomic E-state index is 0.157. The predicted molar refractivity (Wildman–Crippen MR) is 68.4 cm³/mol. The highest BCUT2D eigenvalue weighted by Gasteiger charge is 2.22. The van der Waals surface area contributed by atoms with Crippen molar-refractivity contribution in [2.75, 3.05) is 13.1 Å². The fourth-order valence-corrected chi connectivity index (χ4v) is 2.50. The Labute approximate surface area is 105 Å². The first-order valence-electron chi connectivity index (χ1n) is 6.30. The minimum atomic E-state index is 0.157. The van der Waals surface area contributed by atoms with Gasteiger partial charge in [0.15, 0.2) is 5.78 Å². The molecule has 5 heteroatoms. The van der Waals surface area contributed by atoms with Crippen LogP contribution in [0.3, 0.4) is 0 Å². The summed E-state index contributed by atoms with van der Waals surface area (Å²) in [6.45, 7) is 1.87. The summed E-state index contributed by atoms with van der Waals surface area (Å²) >= 11 is 0. The Balaban J connectivity index is 1.93. The zero-order valence-corrected chi connectivity index (χ0v) is 10.4. The summed E-state index contributed by atoms with van der Waals surface area (Å²) in [4.78, 5) is 12.4. The van der Waals surface area contributed by atoms with E-state index in [1.807, 2.05) is 25.2 Å². The molecule has 0 saturated carbocycles. The number of carbonyl (C=O) groups is 1. The van der Waals surface area contributed by atoms with Crippen LogP contribution in [0.4, 0.5) is 0 Å². The lowest BCUT2D eigenvalue weighted by molar-refractivity contribution is 0.0895. The molecule has 1 N–H and O–H groups in total. The van der Waals surface area contributed by atoms with E-state index in [2.05, 4.69) is 15.6 Å². The molecule has 2 aromatic rings. The van der Waals surface area contributed by atoms with Gasteiger partial charge in [0.25, 0.3) is 0 Å². The third-order valence-corrected chi connectivity index (χ3v) is 3.61. The van der Waals surface area contributed by atoms with E-state index in [-0.39, 0.29) is 11.7 Å². The van der Waals surface area contributed by atoms with Crippen molar-refractivity contribution in [1.29, 1.82) is 0 Å². The molecule has 1 aliphatic rings. The summed E-state index contributed by atoms with van der Waals surface area (Å²) in [7, 11) is 1.84. The molecule has 1 aromatic carbocycles. The Morgan fingerprint density at radius 3 is 2.94 bits per heavy atom. The topological polar surface area (TPSA) is 59.8 Å². The number of nitrogens with zero attached hydrogens (tertiary/aromatic N) is 3. The molecule has 0 bridgehead atoms. The SMILES string of the molecule is Cn1nnc2ccc(C(=O)C3CCNCC3)cc21. The molecule has 1 aromatic heterocycles. The van der Waals surface area contributed by atoms with E-state index in [0.29, 0.717) is 0 Å². The Kier molecular flexibility index (Phi) is 2.83. The van der Waals surface area contributed by atoms with E-state index in [4.69, 9.17) is 0 Å². The predicted octanol–water partition coefficient (Wildman–Crippen LogP) is 1.15. The third kappa shape index (κ3) is 1.90. The van der Waals surface area contributed by atoms with Crippen LogP contribution in [-0.2, 0) is 7.05 Å². The lowest BCUT2D eigenvalue weighted by Gasteiger charge is -2.21. The van der Waals surface area contributed by atoms with E-state index in [9.17, 15) is 4.79 Å². The maximum atomic E-state index is 12.4. The number of ketones is 1. The minimum Gasteiger partial charge on any atom is -0.317 e. The highest BCUT2D eigenvalue weighted by Crippen LogP contribution is 2.20. The van der Waals surface area contributed by atoms with Gasteiger partial charge in [0, 0.05) is 18.5 Å². The molecule has 1 saturated heterocycles. The Morgan fingerprint density at radius 2 is 2.17 bits per heavy atom. The molecule has 94 valence electrons. The van der Waals surface area contributed by atoms with Crippen LogP contribution in [0.1, 0.15) is 23.2 Å². The summed E-state index contributed by atoms with van der Waals surface area (Å²) in [5.41, 5.74) is 2.52. The van der Waals surface area contributed by atoms with Crippen molar-refractivity contribution >= 4 is 16.8 Å². The highest BCUT2D eigenvalue weighted by molar-refractivity contribution is 6.00. The first kappa shape index (κ1) is 11.3. The Hall–Kier alpha value is -1.75. The van der Waals surface area contributed by atoms with E-state index >= 15 is 0 Å². The molecule has 0 amide bonds. The van der Waals surface area contributed by atoms with Gasteiger partial charge in [0.1, 0.15) is 5.52 Å². The van der Waals surface area contributed by atoms with E-state index in [1.54, 1.807) is 4.68 Å². The van der Waals surface area contributed by atoms with Gasteiger partial charge in [-0.2, -0.15) is 0 Å². The molecule has 0 unspecified atom stereocenters. The quantitative estimate of drug-likeness (QED) is 0.805. The number of nitrogens with one attached hydrogen (secondary N) is 1. The average Bonchev–Trinajstić information content (AvgIpc) is 2.80. The Morgan fingerprint density at radius 1 is 1.39 bits per heavy atom. The average molecular weight is 244 g/mol. The van der Waals surface area contributed by atoms with Gasteiger partial charge < -0.3 is 5.32 Å². The van der Waals surface area contributed by atoms with Gasteiger partial charge in [0.2, 0.25) is 0 Å². The third-order valence-electron chi connectivity index (χ3n) is 3.61. The molecule has 18 heavy (non-hydrogen) atoms. The number of carbonyl (C=O) groups excluding carboxylic acids is 1. The Bertz CT molecular complexity index is 584. The first-order valence-corrected chi connectivity index (χ1v) is 6.30. The van der Waals surface area contributed by atoms with Crippen LogP contribution >= 0.6 is 0 Å². The van der Waals surface area contributed by atoms with E-state index in [1.165, 1.54) is 0 Å². The van der Waals surface area contributed by atoms with Crippen LogP contribution in [0.2, 0.25) is 0 Å². The molecule has 0 spiro atoms. The van der Waals surface area contributed by atoms with Crippen molar-refractivity contribution in [3.8, 4) is 0 Å². The number of Topliss-reactive ketones (excluding diaryl/α,β-unsaturated/α-hetero) is 1. The second kappa shape index (κ2) is 4.49. The first-order chi connectivity index (χ1) is 8.75. The number of fused-ring (bicyclic) bond motifs is 1. The number of aromatic nitrogens is 3. The number of hydrogen-bond acceptors (Lipinski definition) is 4. The summed E-state index contributed by atoms with van der Waals surface area (Å²) in [6.07, 6.45) is 1.86. The van der Waals surface area contributed by atoms with Gasteiger partial charge in [-0.1, -0.05) is 5.21 Å². The summed E-state index contributed by atoms with van der Waals surface area (Å²) in [5, 5.41) is 11.3. The maximum Gasteiger partial charge on any atom is 0.166 e. The second-order valence-electron chi connectivity index (χ2n) is 4.81. The number of piperidine rings is 1. The lowest BCUT2D eigenvalue weighted by atomic mass is 9.89. The fourth-order valence-electron chi connectivity index (χ4n) is 2.50. The molecule has 1 fully saturated rings. The molecular weight excluding hydrogens is 228 g/mol. The van der Waals surface area contributed by atoms with Crippen LogP contribution in [0.15, 0.2) is 18.2 Å². The summed E-state index contributed by atoms with van der Waals surface area (Å²) in [5.74, 6) is 0.407. The van der Waals surface area contributed by atoms with Crippen molar-refractivity contribution < 1.29 is 4.79 Å². The molecule has 2 heterocycles. The zero-order chi connectivity index (χ0) is 12.5. The standard InChI is InChI=1S/C13H16N4O/c1-17-12-8-10(2-3-11(12)15-16-17)13(18)9-4-6-14-7-5-9/h2-3,8-9,14H,4-7H2,1H3. The van der Waals surface area contributed by atoms with Gasteiger partial charge >= 0.3 is 0 Å². The van der Waals surface area contributed by atoms with Crippen molar-refractivity contribution in [3.63, 3.8) is 0 Å². The maximum absolute atomic E-state index is 12.4. The summed E-state index contributed by atoms with van der Waals surface area (Å²) < 4.78 is 1.70. The van der Waals surface area contributed by atoms with Crippen LogP contribution in [0.25, 0.3) is 11.0 Å². The molecule has 3 rings (SSSR count). The van der Waals surface area contributed by atoms with Crippen molar-refractivity contribution in [1.82, 2.24) is 20.3 Å². The van der Waals surface area contributed by atoms with Gasteiger partial charge in [-0.25, -0.2) is 4.68 Å². The smallest absolute Gasteiger partial charge is 0.166 e. The molecule has 5 nitrogen and oxygen atoms in total. The van der Waals surface area contributed by atoms with Crippen LogP contribution in [0, 0.1) is 5.92 Å². The molecule has 0 atom stereocenters. The van der Waals surface area contributed by atoms with Gasteiger partial charge in [-0.3, -0.25) is 4.79 Å². The molecular formula is C13H16N4O. The second-order valence-corrected chi connectivity index (χ2v) is 4.81. The van der Waals surface area contributed by atoms with Crippen molar-refractivity contribution in [3.05, 3.63) is 23.8 Å². The number of hydrogen-bond donors (Lipinski definition) is 1. The van der Waals surface area contributed by atoms with Crippen molar-refractivity contribution in [2.45, 2.75) is 12.8 Å². The van der Waals surface area contributed by atoms with Gasteiger partial charge in [0.05, 0.1) is 5.52 Å². The fraction of sp³-hybridized carbons (Fsp3) is 0.462. The number of benzene rings is 1. The monoisotopic (exact) mass is 244 g/mol. The van der Waals surface area contributed by atoms with E-state index < -0.39 is 0 Å². The lowest BCUT2D eigenvalue weighted by Crippen LogP contribution is -2.31. The van der Waals surface area contributed by atoms with Crippen LogP contribution in [0.5, 0.6) is 0 Å². The summed E-state index contributed by atoms with van der Waals surface area (Å²) in [6, 6.07) is 5.64. The van der Waals surface area contributed by atoms with Crippen molar-refractivity contribution in [2.24, 2.45) is 13.0 Å². The van der Waals surface area contributed by atoms with Gasteiger partial charge in [-0.05, 0) is 44.1 Å². The van der Waals surface area contributed by atoms with E-state index in [0.717, 1.165) is 42.5 Å². The van der Waals surface area contributed by atoms with Gasteiger partial charge in [-0.15, -0.1) is 5.10 Å².